The Labute approximate surface area is 502 Å². The summed E-state index contributed by atoms with van der Waals surface area (Å²) in [6.07, 6.45) is 8.17. The van der Waals surface area contributed by atoms with Crippen molar-refractivity contribution >= 4 is 30.0 Å². The highest BCUT2D eigenvalue weighted by Gasteiger charge is 2.33. The van der Waals surface area contributed by atoms with Gasteiger partial charge in [-0.15, -0.1) is 0 Å². The number of ether oxygens (including phenoxy) is 2. The van der Waals surface area contributed by atoms with Crippen LogP contribution < -0.4 is 21.7 Å². The molecule has 7 N–H and O–H groups in total. The molecule has 86 heavy (non-hydrogen) atoms. The van der Waals surface area contributed by atoms with E-state index in [2.05, 4.69) is 30.9 Å². The largest absolute Gasteiger partial charge is 0.481 e. The van der Waals surface area contributed by atoms with Gasteiger partial charge in [-0.3, -0.25) is 29.3 Å². The van der Waals surface area contributed by atoms with Crippen LogP contribution in [0.3, 0.4) is 0 Å². The second-order valence-corrected chi connectivity index (χ2v) is 22.6. The van der Waals surface area contributed by atoms with Crippen LogP contribution in [0.2, 0.25) is 0 Å². The molecule has 3 aliphatic rings. The number of amides is 4. The molecule has 0 aliphatic carbocycles. The van der Waals surface area contributed by atoms with Crippen molar-refractivity contribution in [2.24, 2.45) is 23.5 Å². The lowest BCUT2D eigenvalue weighted by Gasteiger charge is -2.33. The SMILES string of the molecule is CC(C)(C)OC(=O)N1CCC(C(=O)NC(c2ccc(F)cc2)c2ccccn2)CC1.CC(C)(C)OC(=O)N1CCC(C(=O)O)CC1.CO.NC(c1ccc(F)cc1)c1ccccn1.O=C(NC(c1ccc(F)cc1)c1ccccn1)C1CCNCC1. The quantitative estimate of drug-likeness (QED) is 0.0706. The molecule has 9 rings (SSSR count). The molecule has 6 aromatic rings. The first-order valence-electron chi connectivity index (χ1n) is 28.7. The number of rotatable bonds is 11. The van der Waals surface area contributed by atoms with Crippen molar-refractivity contribution in [2.45, 2.75) is 109 Å². The molecular formula is C65H82F3N9O9. The molecule has 6 heterocycles. The fraction of sp³-hybridized carbons (Fsp3) is 0.415. The maximum absolute atomic E-state index is 13.4. The van der Waals surface area contributed by atoms with Crippen LogP contribution in [0, 0.1) is 35.2 Å². The number of carboxylic acid groups (broad SMARTS) is 1. The molecule has 462 valence electrons. The van der Waals surface area contributed by atoms with E-state index in [1.165, 1.54) is 36.4 Å². The van der Waals surface area contributed by atoms with E-state index in [4.69, 9.17) is 25.4 Å². The average molecular weight is 1190 g/mol. The van der Waals surface area contributed by atoms with Crippen LogP contribution >= 0.6 is 0 Å². The molecule has 3 aromatic heterocycles. The van der Waals surface area contributed by atoms with Crippen molar-refractivity contribution in [3.8, 4) is 0 Å². The van der Waals surface area contributed by atoms with Crippen molar-refractivity contribution in [2.75, 3.05) is 46.4 Å². The van der Waals surface area contributed by atoms with Gasteiger partial charge in [0.2, 0.25) is 11.8 Å². The van der Waals surface area contributed by atoms with E-state index in [1.54, 1.807) is 70.9 Å². The number of nitrogens with two attached hydrogens (primary N) is 1. The average Bonchev–Trinajstić information content (AvgIpc) is 3.66. The molecule has 18 nitrogen and oxygen atoms in total. The van der Waals surface area contributed by atoms with E-state index < -0.39 is 23.2 Å². The first-order chi connectivity index (χ1) is 41.0. The molecule has 0 saturated carbocycles. The molecular weight excluding hydrogens is 1110 g/mol. The van der Waals surface area contributed by atoms with Gasteiger partial charge in [-0.1, -0.05) is 54.6 Å². The molecule has 0 bridgehead atoms. The smallest absolute Gasteiger partial charge is 0.410 e. The summed E-state index contributed by atoms with van der Waals surface area (Å²) in [6.45, 7) is 14.5. The predicted octanol–water partition coefficient (Wildman–Crippen LogP) is 10.1. The van der Waals surface area contributed by atoms with Gasteiger partial charge in [0.15, 0.2) is 0 Å². The number of benzene rings is 3. The van der Waals surface area contributed by atoms with Crippen LogP contribution in [0.25, 0.3) is 0 Å². The molecule has 4 amide bonds. The number of aromatic nitrogens is 3. The Morgan fingerprint density at radius 1 is 0.512 bits per heavy atom. The maximum Gasteiger partial charge on any atom is 0.410 e. The van der Waals surface area contributed by atoms with Gasteiger partial charge in [0, 0.05) is 63.7 Å². The summed E-state index contributed by atoms with van der Waals surface area (Å²) >= 11 is 0. The summed E-state index contributed by atoms with van der Waals surface area (Å²) < 4.78 is 49.9. The molecule has 0 radical (unpaired) electrons. The van der Waals surface area contributed by atoms with Gasteiger partial charge in [0.1, 0.15) is 28.7 Å². The Balaban J connectivity index is 0.000000215. The molecule has 3 saturated heterocycles. The minimum atomic E-state index is -0.774. The summed E-state index contributed by atoms with van der Waals surface area (Å²) in [6, 6.07) is 33.9. The van der Waals surface area contributed by atoms with Crippen LogP contribution in [-0.4, -0.2) is 123 Å². The number of hydrogen-bond donors (Lipinski definition) is 6. The van der Waals surface area contributed by atoms with Crippen molar-refractivity contribution in [1.82, 2.24) is 40.7 Å². The van der Waals surface area contributed by atoms with Gasteiger partial charge in [-0.05, 0) is 183 Å². The lowest BCUT2D eigenvalue weighted by atomic mass is 9.94. The van der Waals surface area contributed by atoms with Gasteiger partial charge in [0.25, 0.3) is 0 Å². The third-order valence-electron chi connectivity index (χ3n) is 13.9. The van der Waals surface area contributed by atoms with Crippen LogP contribution in [-0.2, 0) is 23.9 Å². The van der Waals surface area contributed by atoms with Crippen LogP contribution in [0.15, 0.2) is 146 Å². The Kier molecular flexibility index (Phi) is 27.1. The zero-order chi connectivity index (χ0) is 62.8. The Bertz CT molecular complexity index is 2990. The first-order valence-corrected chi connectivity index (χ1v) is 28.7. The van der Waals surface area contributed by atoms with E-state index in [9.17, 15) is 37.1 Å². The number of piperidine rings is 3. The summed E-state index contributed by atoms with van der Waals surface area (Å²) in [5.41, 5.74) is 9.60. The van der Waals surface area contributed by atoms with E-state index >= 15 is 0 Å². The standard InChI is InChI=1S/C23H28FN3O3.C18H20FN3O.C12H11FN2.C11H19NO4.CH4O/c1-23(2,3)30-22(29)27-14-11-17(12-15-27)21(28)26-20(19-6-4-5-13-25-19)16-7-9-18(24)10-8-16;19-15-6-4-13(5-7-15)17(16-3-1-2-10-21-16)22-18(23)14-8-11-20-12-9-14;13-10-6-4-9(5-7-10)12(14)11-3-1-2-8-15-11;1-11(2,3)16-10(15)12-6-4-8(5-7-12)9(13)14;1-2/h4-10,13,17,20H,11-12,14-15H2,1-3H3,(H,26,28);1-7,10,14,17,20H,8-9,11-12H2,(H,22,23);1-8,12H,14H2;8H,4-7H2,1-3H3,(H,13,14);2H,1H3. The lowest BCUT2D eigenvalue weighted by Crippen LogP contribution is -2.45. The first kappa shape index (κ1) is 68.5. The Hall–Kier alpha value is -8.27. The number of carboxylic acids is 1. The minimum Gasteiger partial charge on any atom is -0.481 e. The number of nitrogens with one attached hydrogen (secondary N) is 3. The fourth-order valence-electron chi connectivity index (χ4n) is 9.35. The number of likely N-dealkylation sites (tertiary alicyclic amines) is 2. The van der Waals surface area contributed by atoms with Crippen LogP contribution in [0.5, 0.6) is 0 Å². The monoisotopic (exact) mass is 1190 g/mol. The molecule has 0 spiro atoms. The number of carbonyl (C=O) groups is 5. The van der Waals surface area contributed by atoms with Crippen LogP contribution in [0.1, 0.15) is 132 Å². The van der Waals surface area contributed by atoms with E-state index in [-0.39, 0.29) is 71.3 Å². The summed E-state index contributed by atoms with van der Waals surface area (Å²) in [5, 5.41) is 25.2. The number of pyridine rings is 3. The van der Waals surface area contributed by atoms with Crippen molar-refractivity contribution < 1.29 is 56.8 Å². The molecule has 3 fully saturated rings. The van der Waals surface area contributed by atoms with E-state index in [0.717, 1.165) is 61.1 Å². The predicted molar refractivity (Wildman–Crippen MR) is 320 cm³/mol. The van der Waals surface area contributed by atoms with E-state index in [0.29, 0.717) is 57.6 Å². The lowest BCUT2D eigenvalue weighted by molar-refractivity contribution is -0.143. The number of nitrogens with zero attached hydrogens (tertiary/aromatic N) is 5. The van der Waals surface area contributed by atoms with Crippen LogP contribution in [0.4, 0.5) is 22.8 Å². The number of aliphatic hydroxyl groups excluding tert-OH is 1. The maximum atomic E-state index is 13.4. The number of carbonyl (C=O) groups excluding carboxylic acids is 4. The molecule has 3 aromatic carbocycles. The zero-order valence-corrected chi connectivity index (χ0v) is 50.0. The molecule has 21 heteroatoms. The second-order valence-electron chi connectivity index (χ2n) is 22.6. The van der Waals surface area contributed by atoms with Gasteiger partial charge in [0.05, 0.1) is 41.1 Å². The second kappa shape index (κ2) is 34.0. The molecule has 3 atom stereocenters. The Morgan fingerprint density at radius 3 is 1.16 bits per heavy atom. The highest BCUT2D eigenvalue weighted by atomic mass is 19.1. The van der Waals surface area contributed by atoms with Gasteiger partial charge in [-0.2, -0.15) is 0 Å². The third kappa shape index (κ3) is 23.0. The summed E-state index contributed by atoms with van der Waals surface area (Å²) in [7, 11) is 1.00. The topological polar surface area (TPSA) is 252 Å². The highest BCUT2D eigenvalue weighted by molar-refractivity contribution is 5.80. The normalized spacial score (nSPS) is 15.7. The number of hydrogen-bond acceptors (Lipinski definition) is 13. The van der Waals surface area contributed by atoms with Gasteiger partial charge in [-0.25, -0.2) is 22.8 Å². The Morgan fingerprint density at radius 2 is 0.837 bits per heavy atom. The van der Waals surface area contributed by atoms with Gasteiger partial charge < -0.3 is 51.2 Å². The minimum absolute atomic E-state index is 0.0166. The number of halogens is 3. The van der Waals surface area contributed by atoms with Crippen molar-refractivity contribution in [3.05, 3.63) is 197 Å². The number of aliphatic carboxylic acids is 1. The summed E-state index contributed by atoms with van der Waals surface area (Å²) in [4.78, 5) is 76.3. The zero-order valence-electron chi connectivity index (χ0n) is 50.0. The van der Waals surface area contributed by atoms with Gasteiger partial charge >= 0.3 is 18.2 Å². The molecule has 3 aliphatic heterocycles. The summed E-state index contributed by atoms with van der Waals surface area (Å²) in [5.74, 6) is -2.24. The number of aliphatic hydroxyl groups is 1. The third-order valence-corrected chi connectivity index (χ3v) is 13.9. The fourth-order valence-corrected chi connectivity index (χ4v) is 9.35. The highest BCUT2D eigenvalue weighted by Crippen LogP contribution is 2.27. The van der Waals surface area contributed by atoms with Crippen molar-refractivity contribution in [1.29, 1.82) is 0 Å². The van der Waals surface area contributed by atoms with Crippen molar-refractivity contribution in [3.63, 3.8) is 0 Å². The molecule has 3 unspecified atom stereocenters. The van der Waals surface area contributed by atoms with E-state index in [1.807, 2.05) is 90.1 Å².